The normalized spacial score (nSPS) is 19.3. The van der Waals surface area contributed by atoms with Crippen LogP contribution >= 0.6 is 0 Å². The molecule has 0 heterocycles. The topological polar surface area (TPSA) is 69.9 Å². The summed E-state index contributed by atoms with van der Waals surface area (Å²) in [5.74, 6) is -0.999. The van der Waals surface area contributed by atoms with Crippen LogP contribution in [0.5, 0.6) is 0 Å². The van der Waals surface area contributed by atoms with Crippen LogP contribution < -0.4 is 0 Å². The van der Waals surface area contributed by atoms with Gasteiger partial charge in [-0.2, -0.15) is 0 Å². The Labute approximate surface area is 134 Å². The number of aliphatic hydroxyl groups is 1. The third-order valence-corrected chi connectivity index (χ3v) is 3.83. The van der Waals surface area contributed by atoms with E-state index in [1.807, 2.05) is 60.7 Å². The summed E-state index contributed by atoms with van der Waals surface area (Å²) in [6.45, 7) is 0. The lowest BCUT2D eigenvalue weighted by molar-refractivity contribution is -0.138. The zero-order valence-corrected chi connectivity index (χ0v) is 12.5. The minimum absolute atomic E-state index is 0.290. The monoisotopic (exact) mass is 307 g/mol. The van der Waals surface area contributed by atoms with E-state index in [0.717, 1.165) is 16.7 Å². The van der Waals surface area contributed by atoms with Gasteiger partial charge < -0.3 is 10.2 Å². The first-order chi connectivity index (χ1) is 11.1. The van der Waals surface area contributed by atoms with Crippen molar-refractivity contribution in [3.63, 3.8) is 0 Å². The van der Waals surface area contributed by atoms with E-state index in [0.29, 0.717) is 5.71 Å². The van der Waals surface area contributed by atoms with Crippen LogP contribution in [0.15, 0.2) is 65.7 Å². The number of carbonyl (C=O) groups is 1. The van der Waals surface area contributed by atoms with Crippen LogP contribution in [0.3, 0.4) is 0 Å². The van der Waals surface area contributed by atoms with E-state index in [1.165, 1.54) is 0 Å². The van der Waals surface area contributed by atoms with Crippen molar-refractivity contribution in [3.05, 3.63) is 77.4 Å². The molecule has 4 heteroatoms. The Hall–Kier alpha value is -2.72. The standard InChI is InChI=1S/C19H17NO3/c21-17-11-10-14-8-4-5-9-15(14)18(17)20-16(19(22)23)12-13-6-2-1-3-7-13/h1-11,16-17,21H,12H2,(H,22,23)/t16-,17?/m0/s1. The zero-order chi connectivity index (χ0) is 16.2. The Bertz CT molecular complexity index is 765. The number of benzene rings is 2. The van der Waals surface area contributed by atoms with Gasteiger partial charge in [-0.25, -0.2) is 4.79 Å². The molecule has 0 bridgehead atoms. The van der Waals surface area contributed by atoms with Gasteiger partial charge in [-0.1, -0.05) is 60.7 Å². The number of aliphatic hydroxyl groups excluding tert-OH is 1. The van der Waals surface area contributed by atoms with Gasteiger partial charge >= 0.3 is 5.97 Å². The predicted molar refractivity (Wildman–Crippen MR) is 89.6 cm³/mol. The van der Waals surface area contributed by atoms with Gasteiger partial charge in [-0.3, -0.25) is 4.99 Å². The van der Waals surface area contributed by atoms with E-state index < -0.39 is 18.1 Å². The molecule has 116 valence electrons. The molecule has 2 N–H and O–H groups in total. The second-order valence-electron chi connectivity index (χ2n) is 5.45. The molecule has 23 heavy (non-hydrogen) atoms. The Morgan fingerprint density at radius 3 is 2.52 bits per heavy atom. The van der Waals surface area contributed by atoms with Gasteiger partial charge in [-0.05, 0) is 17.2 Å². The quantitative estimate of drug-likeness (QED) is 0.912. The van der Waals surface area contributed by atoms with E-state index in [4.69, 9.17) is 0 Å². The number of hydrogen-bond acceptors (Lipinski definition) is 3. The molecule has 1 aliphatic carbocycles. The number of aliphatic imine (C=N–C) groups is 1. The maximum absolute atomic E-state index is 11.6. The third-order valence-electron chi connectivity index (χ3n) is 3.83. The molecule has 0 saturated heterocycles. The maximum Gasteiger partial charge on any atom is 0.328 e. The third kappa shape index (κ3) is 3.38. The van der Waals surface area contributed by atoms with Crippen molar-refractivity contribution in [2.75, 3.05) is 0 Å². The van der Waals surface area contributed by atoms with E-state index in [9.17, 15) is 15.0 Å². The number of nitrogens with zero attached hydrogens (tertiary/aromatic N) is 1. The molecule has 0 aliphatic heterocycles. The molecule has 0 saturated carbocycles. The Morgan fingerprint density at radius 2 is 1.78 bits per heavy atom. The molecular weight excluding hydrogens is 290 g/mol. The molecule has 1 unspecified atom stereocenters. The van der Waals surface area contributed by atoms with E-state index in [1.54, 1.807) is 6.08 Å². The molecule has 0 fully saturated rings. The smallest absolute Gasteiger partial charge is 0.328 e. The van der Waals surface area contributed by atoms with Crippen molar-refractivity contribution in [3.8, 4) is 0 Å². The lowest BCUT2D eigenvalue weighted by Gasteiger charge is -2.20. The zero-order valence-electron chi connectivity index (χ0n) is 12.5. The number of carboxylic acid groups (broad SMARTS) is 1. The first-order valence-corrected chi connectivity index (χ1v) is 7.45. The molecule has 4 nitrogen and oxygen atoms in total. The molecule has 0 amide bonds. The molecule has 2 aromatic carbocycles. The largest absolute Gasteiger partial charge is 0.480 e. The maximum atomic E-state index is 11.6. The molecule has 1 aliphatic rings. The Balaban J connectivity index is 1.96. The van der Waals surface area contributed by atoms with Crippen LogP contribution in [0.4, 0.5) is 0 Å². The van der Waals surface area contributed by atoms with Crippen molar-refractivity contribution >= 4 is 17.8 Å². The second-order valence-corrected chi connectivity index (χ2v) is 5.45. The Morgan fingerprint density at radius 1 is 1.09 bits per heavy atom. The highest BCUT2D eigenvalue weighted by molar-refractivity contribution is 6.10. The first-order valence-electron chi connectivity index (χ1n) is 7.45. The van der Waals surface area contributed by atoms with E-state index >= 15 is 0 Å². The van der Waals surface area contributed by atoms with Crippen molar-refractivity contribution in [2.45, 2.75) is 18.6 Å². The molecule has 0 radical (unpaired) electrons. The van der Waals surface area contributed by atoms with Gasteiger partial charge in [0, 0.05) is 12.0 Å². The second kappa shape index (κ2) is 6.58. The summed E-state index contributed by atoms with van der Waals surface area (Å²) in [4.78, 5) is 16.0. The SMILES string of the molecule is O=C(O)[C@H](Cc1ccccc1)N=C1c2ccccc2C=CC1O. The highest BCUT2D eigenvalue weighted by Crippen LogP contribution is 2.21. The van der Waals surface area contributed by atoms with Crippen molar-refractivity contribution in [1.82, 2.24) is 0 Å². The Kier molecular flexibility index (Phi) is 4.35. The first kappa shape index (κ1) is 15.2. The van der Waals surface area contributed by atoms with Gasteiger partial charge in [0.25, 0.3) is 0 Å². The van der Waals surface area contributed by atoms with Gasteiger partial charge in [0.15, 0.2) is 6.04 Å². The van der Waals surface area contributed by atoms with Crippen LogP contribution in [0.1, 0.15) is 16.7 Å². The summed E-state index contributed by atoms with van der Waals surface area (Å²) < 4.78 is 0. The van der Waals surface area contributed by atoms with Crippen LogP contribution in [0.2, 0.25) is 0 Å². The molecular formula is C19H17NO3. The summed E-state index contributed by atoms with van der Waals surface area (Å²) in [6, 6.07) is 16.0. The average molecular weight is 307 g/mol. The number of rotatable bonds is 4. The summed E-state index contributed by atoms with van der Waals surface area (Å²) >= 11 is 0. The molecule has 0 aromatic heterocycles. The summed E-state index contributed by atoms with van der Waals surface area (Å²) in [7, 11) is 0. The fourth-order valence-corrected chi connectivity index (χ4v) is 2.66. The summed E-state index contributed by atoms with van der Waals surface area (Å²) in [5.41, 5.74) is 3.02. The number of fused-ring (bicyclic) bond motifs is 1. The van der Waals surface area contributed by atoms with Crippen LogP contribution in [0, 0.1) is 0 Å². The number of hydrogen-bond donors (Lipinski definition) is 2. The van der Waals surface area contributed by atoms with E-state index in [2.05, 4.69) is 4.99 Å². The lowest BCUT2D eigenvalue weighted by Crippen LogP contribution is -2.29. The average Bonchev–Trinajstić information content (AvgIpc) is 2.57. The molecule has 3 rings (SSSR count). The van der Waals surface area contributed by atoms with Crippen LogP contribution in [-0.2, 0) is 11.2 Å². The predicted octanol–water partition coefficient (Wildman–Crippen LogP) is 2.56. The summed E-state index contributed by atoms with van der Waals surface area (Å²) in [5, 5.41) is 19.7. The molecule has 0 spiro atoms. The minimum Gasteiger partial charge on any atom is -0.480 e. The fraction of sp³-hybridized carbons (Fsp3) is 0.158. The van der Waals surface area contributed by atoms with Gasteiger partial charge in [0.2, 0.25) is 0 Å². The van der Waals surface area contributed by atoms with Gasteiger partial charge in [0.05, 0.1) is 5.71 Å². The number of carboxylic acids is 1. The van der Waals surface area contributed by atoms with Crippen molar-refractivity contribution in [1.29, 1.82) is 0 Å². The fourth-order valence-electron chi connectivity index (χ4n) is 2.66. The minimum atomic E-state index is -0.999. The van der Waals surface area contributed by atoms with Crippen molar-refractivity contribution < 1.29 is 15.0 Å². The van der Waals surface area contributed by atoms with Gasteiger partial charge in [-0.15, -0.1) is 0 Å². The van der Waals surface area contributed by atoms with Crippen LogP contribution in [0.25, 0.3) is 6.08 Å². The van der Waals surface area contributed by atoms with Crippen molar-refractivity contribution in [2.24, 2.45) is 4.99 Å². The number of aliphatic carboxylic acids is 1. The lowest BCUT2D eigenvalue weighted by atomic mass is 9.93. The van der Waals surface area contributed by atoms with Gasteiger partial charge in [0.1, 0.15) is 6.10 Å². The molecule has 2 atom stereocenters. The van der Waals surface area contributed by atoms with E-state index in [-0.39, 0.29) is 6.42 Å². The highest BCUT2D eigenvalue weighted by atomic mass is 16.4. The molecule has 2 aromatic rings. The highest BCUT2D eigenvalue weighted by Gasteiger charge is 2.24. The summed E-state index contributed by atoms with van der Waals surface area (Å²) in [6.07, 6.45) is 2.86. The van der Waals surface area contributed by atoms with Crippen LogP contribution in [-0.4, -0.2) is 34.0 Å².